The molecule has 2 rings (SSSR count). The van der Waals surface area contributed by atoms with Crippen LogP contribution >= 0.6 is 11.6 Å². The van der Waals surface area contributed by atoms with E-state index in [1.807, 2.05) is 18.2 Å². The number of nitrogens with one attached hydrogen (secondary N) is 1. The van der Waals surface area contributed by atoms with Crippen LogP contribution in [0.5, 0.6) is 0 Å². The maximum atomic E-state index is 6.28. The molecule has 3 heteroatoms. The Bertz CT molecular complexity index is 652. The van der Waals surface area contributed by atoms with Gasteiger partial charge in [0, 0.05) is 11.1 Å². The van der Waals surface area contributed by atoms with Gasteiger partial charge in [-0.3, -0.25) is 0 Å². The van der Waals surface area contributed by atoms with Crippen molar-refractivity contribution in [2.24, 2.45) is 4.99 Å². The van der Waals surface area contributed by atoms with E-state index in [2.05, 4.69) is 56.2 Å². The van der Waals surface area contributed by atoms with E-state index in [-0.39, 0.29) is 0 Å². The van der Waals surface area contributed by atoms with Crippen LogP contribution in [0.3, 0.4) is 0 Å². The first kappa shape index (κ1) is 16.6. The van der Waals surface area contributed by atoms with Gasteiger partial charge in [-0.2, -0.15) is 0 Å². The lowest BCUT2D eigenvalue weighted by Crippen LogP contribution is -2.20. The molecular formula is C19H23ClN2. The maximum Gasteiger partial charge on any atom is 0.0888 e. The highest BCUT2D eigenvalue weighted by Crippen LogP contribution is 2.26. The molecule has 0 aromatic heterocycles. The lowest BCUT2D eigenvalue weighted by Gasteiger charge is -2.12. The van der Waals surface area contributed by atoms with E-state index in [9.17, 15) is 0 Å². The highest BCUT2D eigenvalue weighted by atomic mass is 35.5. The number of hydrogen-bond acceptors (Lipinski definition) is 1. The zero-order chi connectivity index (χ0) is 16.1. The van der Waals surface area contributed by atoms with Gasteiger partial charge in [-0.05, 0) is 74.6 Å². The largest absolute Gasteiger partial charge is 0.374 e. The first-order valence-electron chi connectivity index (χ1n) is 7.59. The summed E-state index contributed by atoms with van der Waals surface area (Å²) in [6.45, 7) is 8.45. The van der Waals surface area contributed by atoms with Crippen LogP contribution < -0.4 is 5.32 Å². The lowest BCUT2D eigenvalue weighted by atomic mass is 9.95. The molecule has 0 amide bonds. The minimum atomic E-state index is 0.394. The summed E-state index contributed by atoms with van der Waals surface area (Å²) in [7, 11) is 0. The average Bonchev–Trinajstić information content (AvgIpc) is 2.44. The number of aryl methyl sites for hydroxylation is 2. The molecule has 2 aromatic rings. The van der Waals surface area contributed by atoms with Gasteiger partial charge in [-0.15, -0.1) is 0 Å². The summed E-state index contributed by atoms with van der Waals surface area (Å²) in [5.74, 6) is 0. The molecule has 0 fully saturated rings. The van der Waals surface area contributed by atoms with Crippen LogP contribution in [0.15, 0.2) is 41.4 Å². The van der Waals surface area contributed by atoms with Gasteiger partial charge in [0.15, 0.2) is 0 Å². The number of benzene rings is 2. The average molecular weight is 315 g/mol. The first-order chi connectivity index (χ1) is 10.5. The molecule has 0 aliphatic carbocycles. The Kier molecular flexibility index (Phi) is 5.62. The molecule has 0 radical (unpaired) electrons. The van der Waals surface area contributed by atoms with Gasteiger partial charge in [-0.1, -0.05) is 29.8 Å². The molecule has 0 aliphatic heterocycles. The number of hydrogen-bond donors (Lipinski definition) is 1. The summed E-state index contributed by atoms with van der Waals surface area (Å²) in [6.07, 6.45) is 2.62. The topological polar surface area (TPSA) is 24.4 Å². The van der Waals surface area contributed by atoms with Gasteiger partial charge in [-0.25, -0.2) is 4.99 Å². The van der Waals surface area contributed by atoms with E-state index in [1.165, 1.54) is 16.7 Å². The van der Waals surface area contributed by atoms with Crippen LogP contribution in [0, 0.1) is 13.8 Å². The standard InChI is InChI=1S/C19H23ClN2/c1-13(2)21-12-22-17-9-14(3)18(15(4)10-17)11-16-7-5-6-8-19(16)20/h5-10,12-13H,11H2,1-4H3,(H,21,22). The van der Waals surface area contributed by atoms with E-state index >= 15 is 0 Å². The van der Waals surface area contributed by atoms with Gasteiger partial charge in [0.1, 0.15) is 0 Å². The third kappa shape index (κ3) is 4.35. The molecule has 0 atom stereocenters. The molecule has 2 aromatic carbocycles. The fraction of sp³-hybridized carbons (Fsp3) is 0.316. The molecule has 0 saturated heterocycles. The molecule has 0 bridgehead atoms. The Morgan fingerprint density at radius 1 is 1.14 bits per heavy atom. The van der Waals surface area contributed by atoms with Crippen molar-refractivity contribution in [3.8, 4) is 0 Å². The van der Waals surface area contributed by atoms with Crippen molar-refractivity contribution in [2.75, 3.05) is 0 Å². The minimum Gasteiger partial charge on any atom is -0.374 e. The van der Waals surface area contributed by atoms with Crippen LogP contribution in [-0.2, 0) is 6.42 Å². The fourth-order valence-electron chi connectivity index (χ4n) is 2.42. The van der Waals surface area contributed by atoms with E-state index in [0.29, 0.717) is 6.04 Å². The van der Waals surface area contributed by atoms with Crippen molar-refractivity contribution in [2.45, 2.75) is 40.2 Å². The summed E-state index contributed by atoms with van der Waals surface area (Å²) in [6, 6.07) is 12.7. The Hall–Kier alpha value is -1.80. The summed E-state index contributed by atoms with van der Waals surface area (Å²) >= 11 is 6.28. The lowest BCUT2D eigenvalue weighted by molar-refractivity contribution is 0.744. The van der Waals surface area contributed by atoms with Crippen molar-refractivity contribution in [3.63, 3.8) is 0 Å². The molecule has 0 unspecified atom stereocenters. The van der Waals surface area contributed by atoms with Crippen molar-refractivity contribution < 1.29 is 0 Å². The smallest absolute Gasteiger partial charge is 0.0888 e. The Labute approximate surface area is 138 Å². The first-order valence-corrected chi connectivity index (χ1v) is 7.97. The quantitative estimate of drug-likeness (QED) is 0.595. The predicted molar refractivity (Wildman–Crippen MR) is 96.6 cm³/mol. The van der Waals surface area contributed by atoms with Crippen LogP contribution in [0.25, 0.3) is 0 Å². The zero-order valence-electron chi connectivity index (χ0n) is 13.7. The Balaban J connectivity index is 2.24. The Morgan fingerprint density at radius 3 is 2.36 bits per heavy atom. The third-order valence-corrected chi connectivity index (χ3v) is 4.00. The highest BCUT2D eigenvalue weighted by molar-refractivity contribution is 6.31. The van der Waals surface area contributed by atoms with Crippen LogP contribution in [-0.4, -0.2) is 12.4 Å². The fourth-order valence-corrected chi connectivity index (χ4v) is 2.62. The second-order valence-electron chi connectivity index (χ2n) is 5.91. The van der Waals surface area contributed by atoms with Gasteiger partial charge in [0.05, 0.1) is 12.0 Å². The number of rotatable bonds is 5. The summed E-state index contributed by atoms with van der Waals surface area (Å²) in [5.41, 5.74) is 5.95. The summed E-state index contributed by atoms with van der Waals surface area (Å²) < 4.78 is 0. The van der Waals surface area contributed by atoms with Crippen LogP contribution in [0.4, 0.5) is 5.69 Å². The Morgan fingerprint density at radius 2 is 1.77 bits per heavy atom. The predicted octanol–water partition coefficient (Wildman–Crippen LogP) is 5.21. The molecular weight excluding hydrogens is 292 g/mol. The highest BCUT2D eigenvalue weighted by Gasteiger charge is 2.08. The normalized spacial score (nSPS) is 11.4. The molecule has 22 heavy (non-hydrogen) atoms. The van der Waals surface area contributed by atoms with E-state index in [0.717, 1.165) is 22.7 Å². The second kappa shape index (κ2) is 7.46. The van der Waals surface area contributed by atoms with Crippen LogP contribution in [0.2, 0.25) is 5.02 Å². The van der Waals surface area contributed by atoms with Crippen LogP contribution in [0.1, 0.15) is 36.1 Å². The van der Waals surface area contributed by atoms with E-state index in [1.54, 1.807) is 6.34 Å². The number of aliphatic imine (C=N–C) groups is 1. The SMILES string of the molecule is Cc1cc(N=CNC(C)C)cc(C)c1Cc1ccccc1Cl. The van der Waals surface area contributed by atoms with Crippen molar-refractivity contribution in [1.82, 2.24) is 5.32 Å². The third-order valence-electron chi connectivity index (χ3n) is 3.63. The van der Waals surface area contributed by atoms with Gasteiger partial charge in [0.25, 0.3) is 0 Å². The van der Waals surface area contributed by atoms with Gasteiger partial charge in [0.2, 0.25) is 0 Å². The molecule has 116 valence electrons. The molecule has 0 aliphatic rings. The monoisotopic (exact) mass is 314 g/mol. The van der Waals surface area contributed by atoms with Crippen molar-refractivity contribution in [1.29, 1.82) is 0 Å². The van der Waals surface area contributed by atoms with Crippen molar-refractivity contribution in [3.05, 3.63) is 63.7 Å². The molecule has 0 saturated carbocycles. The summed E-state index contributed by atoms with van der Waals surface area (Å²) in [4.78, 5) is 4.47. The maximum absolute atomic E-state index is 6.28. The zero-order valence-corrected chi connectivity index (χ0v) is 14.4. The molecule has 0 spiro atoms. The van der Waals surface area contributed by atoms with Gasteiger partial charge < -0.3 is 5.32 Å². The minimum absolute atomic E-state index is 0.394. The second-order valence-corrected chi connectivity index (χ2v) is 6.31. The molecule has 1 N–H and O–H groups in total. The van der Waals surface area contributed by atoms with Crippen molar-refractivity contribution >= 4 is 23.6 Å². The molecule has 2 nitrogen and oxygen atoms in total. The summed E-state index contributed by atoms with van der Waals surface area (Å²) in [5, 5.41) is 4.01. The number of nitrogens with zero attached hydrogens (tertiary/aromatic N) is 1. The van der Waals surface area contributed by atoms with E-state index in [4.69, 9.17) is 11.6 Å². The molecule has 0 heterocycles. The van der Waals surface area contributed by atoms with E-state index < -0.39 is 0 Å². The van der Waals surface area contributed by atoms with Gasteiger partial charge >= 0.3 is 0 Å². The number of halogens is 1.